The predicted molar refractivity (Wildman–Crippen MR) is 77.4 cm³/mol. The second-order valence-electron chi connectivity index (χ2n) is 4.54. The fraction of sp³-hybridized carbons (Fsp3) is 0.400. The molecule has 20 heavy (non-hydrogen) atoms. The van der Waals surface area contributed by atoms with Crippen molar-refractivity contribution in [3.63, 3.8) is 0 Å². The molecule has 0 saturated carbocycles. The first kappa shape index (κ1) is 14.7. The highest BCUT2D eigenvalue weighted by Crippen LogP contribution is 2.03. The lowest BCUT2D eigenvalue weighted by molar-refractivity contribution is 0.0938. The van der Waals surface area contributed by atoms with Gasteiger partial charge in [-0.05, 0) is 5.56 Å². The molecule has 1 aromatic heterocycles. The van der Waals surface area contributed by atoms with Crippen LogP contribution in [0.2, 0.25) is 0 Å². The largest absolute Gasteiger partial charge is 0.394 e. The molecule has 2 rings (SSSR count). The Kier molecular flexibility index (Phi) is 6.23. The third kappa shape index (κ3) is 5.13. The number of nitrogens with one attached hydrogen (secondary N) is 1. The zero-order valence-electron chi connectivity index (χ0n) is 11.5. The minimum Gasteiger partial charge on any atom is -0.394 e. The van der Waals surface area contributed by atoms with Gasteiger partial charge in [-0.1, -0.05) is 30.3 Å². The van der Waals surface area contributed by atoms with Crippen LogP contribution in [0.3, 0.4) is 0 Å². The van der Waals surface area contributed by atoms with Crippen LogP contribution in [0.1, 0.15) is 11.1 Å². The zero-order valence-corrected chi connectivity index (χ0v) is 11.5. The smallest absolute Gasteiger partial charge is 0.0698 e. The Hall–Kier alpha value is -1.69. The second kappa shape index (κ2) is 8.47. The number of rotatable bonds is 9. The average Bonchev–Trinajstić information content (AvgIpc) is 2.91. The Morgan fingerprint density at radius 1 is 1.15 bits per heavy atom. The van der Waals surface area contributed by atoms with Gasteiger partial charge >= 0.3 is 0 Å². The van der Waals surface area contributed by atoms with Crippen LogP contribution in [0.4, 0.5) is 0 Å². The third-order valence-corrected chi connectivity index (χ3v) is 2.86. The van der Waals surface area contributed by atoms with Gasteiger partial charge in [-0.3, -0.25) is 4.68 Å². The molecule has 108 valence electrons. The number of benzene rings is 1. The van der Waals surface area contributed by atoms with Gasteiger partial charge in [0.25, 0.3) is 0 Å². The molecule has 0 radical (unpaired) electrons. The van der Waals surface area contributed by atoms with Crippen molar-refractivity contribution in [2.75, 3.05) is 26.4 Å². The second-order valence-corrected chi connectivity index (χ2v) is 4.54. The Morgan fingerprint density at radius 3 is 2.80 bits per heavy atom. The first-order valence-corrected chi connectivity index (χ1v) is 6.83. The van der Waals surface area contributed by atoms with Crippen molar-refractivity contribution >= 4 is 0 Å². The number of nitrogens with zero attached hydrogens (tertiary/aromatic N) is 2. The van der Waals surface area contributed by atoms with Crippen molar-refractivity contribution in [3.8, 4) is 0 Å². The van der Waals surface area contributed by atoms with E-state index in [1.165, 1.54) is 5.56 Å². The van der Waals surface area contributed by atoms with Gasteiger partial charge in [-0.25, -0.2) is 0 Å². The van der Waals surface area contributed by atoms with Crippen LogP contribution < -0.4 is 5.32 Å². The molecule has 1 heterocycles. The van der Waals surface area contributed by atoms with Crippen molar-refractivity contribution in [2.45, 2.75) is 13.1 Å². The first-order chi connectivity index (χ1) is 9.88. The van der Waals surface area contributed by atoms with Crippen LogP contribution in [0.25, 0.3) is 0 Å². The first-order valence-electron chi connectivity index (χ1n) is 6.83. The van der Waals surface area contributed by atoms with Crippen molar-refractivity contribution in [3.05, 3.63) is 53.9 Å². The molecule has 0 bridgehead atoms. The summed E-state index contributed by atoms with van der Waals surface area (Å²) >= 11 is 0. The van der Waals surface area contributed by atoms with Gasteiger partial charge in [0.15, 0.2) is 0 Å². The molecular formula is C15H21N3O2. The SMILES string of the molecule is OCCOCCNCc1cnn(Cc2ccccc2)c1. The number of ether oxygens (including phenoxy) is 1. The quantitative estimate of drug-likeness (QED) is 0.671. The van der Waals surface area contributed by atoms with E-state index in [4.69, 9.17) is 9.84 Å². The minimum absolute atomic E-state index is 0.0757. The van der Waals surface area contributed by atoms with E-state index in [0.29, 0.717) is 13.2 Å². The number of hydrogen-bond acceptors (Lipinski definition) is 4. The maximum absolute atomic E-state index is 8.57. The van der Waals surface area contributed by atoms with Crippen LogP contribution in [0.15, 0.2) is 42.7 Å². The molecule has 0 fully saturated rings. The van der Waals surface area contributed by atoms with E-state index in [9.17, 15) is 0 Å². The van der Waals surface area contributed by atoms with Gasteiger partial charge in [-0.2, -0.15) is 5.10 Å². The van der Waals surface area contributed by atoms with E-state index in [2.05, 4.69) is 28.7 Å². The molecule has 0 aliphatic rings. The van der Waals surface area contributed by atoms with E-state index >= 15 is 0 Å². The maximum atomic E-state index is 8.57. The molecule has 1 aromatic carbocycles. The number of aromatic nitrogens is 2. The molecular weight excluding hydrogens is 254 g/mol. The molecule has 0 amide bonds. The molecule has 0 saturated heterocycles. The highest BCUT2D eigenvalue weighted by atomic mass is 16.5. The van der Waals surface area contributed by atoms with Crippen molar-refractivity contribution in [2.24, 2.45) is 0 Å². The fourth-order valence-electron chi connectivity index (χ4n) is 1.90. The van der Waals surface area contributed by atoms with Gasteiger partial charge in [-0.15, -0.1) is 0 Å². The number of aliphatic hydroxyl groups is 1. The lowest BCUT2D eigenvalue weighted by Gasteiger charge is -2.03. The van der Waals surface area contributed by atoms with E-state index in [1.54, 1.807) is 0 Å². The van der Waals surface area contributed by atoms with Gasteiger partial charge in [0.05, 0.1) is 32.6 Å². The molecule has 5 nitrogen and oxygen atoms in total. The Bertz CT molecular complexity index is 485. The summed E-state index contributed by atoms with van der Waals surface area (Å²) in [5, 5.41) is 16.2. The third-order valence-electron chi connectivity index (χ3n) is 2.86. The molecule has 2 aromatic rings. The summed E-state index contributed by atoms with van der Waals surface area (Å²) in [6.45, 7) is 3.42. The molecule has 0 spiro atoms. The topological polar surface area (TPSA) is 59.3 Å². The van der Waals surface area contributed by atoms with Gasteiger partial charge in [0.1, 0.15) is 0 Å². The Labute approximate surface area is 119 Å². The Morgan fingerprint density at radius 2 is 2.00 bits per heavy atom. The van der Waals surface area contributed by atoms with E-state index in [1.807, 2.05) is 29.1 Å². The standard InChI is InChI=1S/C15H21N3O2/c19-7-9-20-8-6-16-10-15-11-17-18(13-15)12-14-4-2-1-3-5-14/h1-5,11,13,16,19H,6-10,12H2. The fourth-order valence-corrected chi connectivity index (χ4v) is 1.90. The molecule has 0 atom stereocenters. The lowest BCUT2D eigenvalue weighted by atomic mass is 10.2. The number of hydrogen-bond donors (Lipinski definition) is 2. The summed E-state index contributed by atoms with van der Waals surface area (Å²) in [6.07, 6.45) is 3.93. The van der Waals surface area contributed by atoms with Crippen LogP contribution in [-0.4, -0.2) is 41.3 Å². The normalized spacial score (nSPS) is 10.8. The summed E-state index contributed by atoms with van der Waals surface area (Å²) in [6, 6.07) is 10.3. The number of aliphatic hydroxyl groups excluding tert-OH is 1. The maximum Gasteiger partial charge on any atom is 0.0698 e. The zero-order chi connectivity index (χ0) is 14.0. The summed E-state index contributed by atoms with van der Waals surface area (Å²) in [4.78, 5) is 0. The Balaban J connectivity index is 1.70. The van der Waals surface area contributed by atoms with Crippen LogP contribution in [0, 0.1) is 0 Å². The molecule has 5 heteroatoms. The summed E-state index contributed by atoms with van der Waals surface area (Å²) in [5.41, 5.74) is 2.40. The molecule has 0 unspecified atom stereocenters. The highest BCUT2D eigenvalue weighted by molar-refractivity contribution is 5.15. The monoisotopic (exact) mass is 275 g/mol. The van der Waals surface area contributed by atoms with Crippen molar-refractivity contribution in [1.29, 1.82) is 0 Å². The predicted octanol–water partition coefficient (Wildman–Crippen LogP) is 1.03. The van der Waals surface area contributed by atoms with E-state index in [0.717, 1.165) is 25.2 Å². The molecule has 0 aliphatic carbocycles. The van der Waals surface area contributed by atoms with Crippen molar-refractivity contribution in [1.82, 2.24) is 15.1 Å². The average molecular weight is 275 g/mol. The summed E-state index contributed by atoms with van der Waals surface area (Å²) in [5.74, 6) is 0. The lowest BCUT2D eigenvalue weighted by Crippen LogP contribution is -2.19. The highest BCUT2D eigenvalue weighted by Gasteiger charge is 1.99. The minimum atomic E-state index is 0.0757. The van der Waals surface area contributed by atoms with Gasteiger partial charge in [0.2, 0.25) is 0 Å². The molecule has 2 N–H and O–H groups in total. The summed E-state index contributed by atoms with van der Waals surface area (Å²) < 4.78 is 7.11. The van der Waals surface area contributed by atoms with Crippen LogP contribution >= 0.6 is 0 Å². The van der Waals surface area contributed by atoms with Crippen LogP contribution in [-0.2, 0) is 17.8 Å². The van der Waals surface area contributed by atoms with E-state index in [-0.39, 0.29) is 6.61 Å². The van der Waals surface area contributed by atoms with Crippen LogP contribution in [0.5, 0.6) is 0 Å². The van der Waals surface area contributed by atoms with Gasteiger partial charge in [0, 0.05) is 24.8 Å². The van der Waals surface area contributed by atoms with Gasteiger partial charge < -0.3 is 15.2 Å². The van der Waals surface area contributed by atoms with E-state index < -0.39 is 0 Å². The summed E-state index contributed by atoms with van der Waals surface area (Å²) in [7, 11) is 0. The van der Waals surface area contributed by atoms with Crippen molar-refractivity contribution < 1.29 is 9.84 Å². The molecule has 0 aliphatic heterocycles.